The largest absolute Gasteiger partial charge is 0.481 e. The number of rotatable bonds is 5. The van der Waals surface area contributed by atoms with Gasteiger partial charge in [-0.2, -0.15) is 0 Å². The maximum Gasteiger partial charge on any atom is 0.315 e. The highest BCUT2D eigenvalue weighted by atomic mass is 16.4. The van der Waals surface area contributed by atoms with Crippen molar-refractivity contribution in [2.45, 2.75) is 46.2 Å². The lowest BCUT2D eigenvalue weighted by Crippen LogP contribution is -2.59. The molecule has 0 saturated carbocycles. The molecule has 118 valence electrons. The number of nitrogens with zero attached hydrogens (tertiary/aromatic N) is 3. The zero-order chi connectivity index (χ0) is 16.4. The van der Waals surface area contributed by atoms with E-state index >= 15 is 0 Å². The van der Waals surface area contributed by atoms with Crippen molar-refractivity contribution in [2.24, 2.45) is 12.5 Å². The molecule has 0 saturated heterocycles. The van der Waals surface area contributed by atoms with Crippen LogP contribution in [-0.4, -0.2) is 37.4 Å². The summed E-state index contributed by atoms with van der Waals surface area (Å²) in [5.74, 6) is -0.366. The molecule has 2 amide bonds. The molecule has 1 heterocycles. The highest BCUT2D eigenvalue weighted by molar-refractivity contribution is 5.79. The lowest BCUT2D eigenvalue weighted by Gasteiger charge is -2.38. The number of hydrogen-bond acceptors (Lipinski definition) is 4. The van der Waals surface area contributed by atoms with Gasteiger partial charge in [-0.05, 0) is 34.6 Å². The summed E-state index contributed by atoms with van der Waals surface area (Å²) in [6.45, 7) is 8.27. The summed E-state index contributed by atoms with van der Waals surface area (Å²) in [7, 11) is 1.78. The van der Waals surface area contributed by atoms with Crippen LogP contribution in [0.1, 0.15) is 46.5 Å². The normalized spacial score (nSPS) is 13.6. The maximum absolute atomic E-state index is 12.1. The topological polar surface area (TPSA) is 109 Å². The Hall–Kier alpha value is -2.12. The molecule has 3 N–H and O–H groups in total. The van der Waals surface area contributed by atoms with E-state index in [1.165, 1.54) is 0 Å². The molecule has 1 rings (SSSR count). The zero-order valence-corrected chi connectivity index (χ0v) is 13.3. The van der Waals surface area contributed by atoms with Gasteiger partial charge in [0, 0.05) is 7.05 Å². The van der Waals surface area contributed by atoms with Gasteiger partial charge >= 0.3 is 12.0 Å². The van der Waals surface area contributed by atoms with Crippen molar-refractivity contribution in [1.82, 2.24) is 25.4 Å². The van der Waals surface area contributed by atoms with E-state index in [-0.39, 0.29) is 6.04 Å². The van der Waals surface area contributed by atoms with Crippen LogP contribution < -0.4 is 10.6 Å². The van der Waals surface area contributed by atoms with Crippen molar-refractivity contribution in [1.29, 1.82) is 0 Å². The van der Waals surface area contributed by atoms with E-state index in [0.29, 0.717) is 5.82 Å². The van der Waals surface area contributed by atoms with Gasteiger partial charge < -0.3 is 20.3 Å². The van der Waals surface area contributed by atoms with E-state index in [1.54, 1.807) is 52.6 Å². The molecule has 0 radical (unpaired) electrons. The summed E-state index contributed by atoms with van der Waals surface area (Å²) in [5, 5.41) is 22.4. The molecule has 0 spiro atoms. The maximum atomic E-state index is 12.1. The lowest BCUT2D eigenvalue weighted by atomic mass is 9.74. The van der Waals surface area contributed by atoms with Crippen molar-refractivity contribution < 1.29 is 14.7 Å². The zero-order valence-electron chi connectivity index (χ0n) is 13.3. The predicted octanol–water partition coefficient (Wildman–Crippen LogP) is 1.06. The van der Waals surface area contributed by atoms with Gasteiger partial charge in [-0.1, -0.05) is 0 Å². The Morgan fingerprint density at radius 2 is 1.90 bits per heavy atom. The number of carboxylic acid groups (broad SMARTS) is 1. The van der Waals surface area contributed by atoms with Crippen LogP contribution in [0.3, 0.4) is 0 Å². The number of amides is 2. The number of urea groups is 1. The second kappa shape index (κ2) is 5.71. The SMILES string of the molecule is CC(NC(=O)NC(C)(C)C(C)(C)C(=O)O)c1nncn1C. The summed E-state index contributed by atoms with van der Waals surface area (Å²) >= 11 is 0. The van der Waals surface area contributed by atoms with E-state index in [1.807, 2.05) is 0 Å². The molecule has 0 aliphatic heterocycles. The van der Waals surface area contributed by atoms with Gasteiger partial charge in [0.1, 0.15) is 6.33 Å². The van der Waals surface area contributed by atoms with Crippen molar-refractivity contribution in [3.05, 3.63) is 12.2 Å². The number of aromatic nitrogens is 3. The minimum Gasteiger partial charge on any atom is -0.481 e. The number of aryl methyl sites for hydroxylation is 1. The number of carbonyl (C=O) groups is 2. The molecule has 0 fully saturated rings. The second-order valence-corrected chi connectivity index (χ2v) is 6.18. The Balaban J connectivity index is 2.74. The molecule has 8 nitrogen and oxygen atoms in total. The molecular formula is C13H23N5O3. The van der Waals surface area contributed by atoms with E-state index < -0.39 is 23.0 Å². The van der Waals surface area contributed by atoms with E-state index in [2.05, 4.69) is 20.8 Å². The molecule has 0 aliphatic carbocycles. The smallest absolute Gasteiger partial charge is 0.315 e. The van der Waals surface area contributed by atoms with Crippen molar-refractivity contribution in [3.63, 3.8) is 0 Å². The van der Waals surface area contributed by atoms with E-state index in [0.717, 1.165) is 0 Å². The Bertz CT molecular complexity index is 536. The summed E-state index contributed by atoms with van der Waals surface area (Å²) < 4.78 is 1.71. The Morgan fingerprint density at radius 1 is 1.33 bits per heavy atom. The third-order valence-electron chi connectivity index (χ3n) is 4.00. The van der Waals surface area contributed by atoms with Crippen LogP contribution >= 0.6 is 0 Å². The molecule has 0 aliphatic rings. The van der Waals surface area contributed by atoms with Crippen molar-refractivity contribution in [3.8, 4) is 0 Å². The number of aliphatic carboxylic acids is 1. The molecule has 0 bridgehead atoms. The first-order valence-electron chi connectivity index (χ1n) is 6.65. The van der Waals surface area contributed by atoms with Gasteiger partial charge in [0.2, 0.25) is 0 Å². The molecule has 0 aromatic carbocycles. The van der Waals surface area contributed by atoms with Gasteiger partial charge in [-0.3, -0.25) is 4.79 Å². The molecular weight excluding hydrogens is 274 g/mol. The average molecular weight is 297 g/mol. The molecule has 1 aromatic rings. The number of carboxylic acids is 1. The van der Waals surface area contributed by atoms with Gasteiger partial charge in [-0.15, -0.1) is 10.2 Å². The minimum atomic E-state index is -1.11. The monoisotopic (exact) mass is 297 g/mol. The van der Waals surface area contributed by atoms with Crippen LogP contribution in [-0.2, 0) is 11.8 Å². The molecule has 1 atom stereocenters. The Kier molecular flexibility index (Phi) is 4.60. The van der Waals surface area contributed by atoms with Crippen LogP contribution in [0.4, 0.5) is 4.79 Å². The van der Waals surface area contributed by atoms with E-state index in [4.69, 9.17) is 0 Å². The highest BCUT2D eigenvalue weighted by Crippen LogP contribution is 2.30. The number of carbonyl (C=O) groups excluding carboxylic acids is 1. The summed E-state index contributed by atoms with van der Waals surface area (Å²) in [6.07, 6.45) is 1.54. The van der Waals surface area contributed by atoms with Crippen LogP contribution in [0.15, 0.2) is 6.33 Å². The molecule has 8 heteroatoms. The van der Waals surface area contributed by atoms with Gasteiger partial charge in [0.05, 0.1) is 17.0 Å². The fraction of sp³-hybridized carbons (Fsp3) is 0.692. The summed E-state index contributed by atoms with van der Waals surface area (Å²) in [5.41, 5.74) is -2.04. The third kappa shape index (κ3) is 3.50. The first-order valence-corrected chi connectivity index (χ1v) is 6.65. The molecule has 21 heavy (non-hydrogen) atoms. The van der Waals surface area contributed by atoms with Gasteiger partial charge in [-0.25, -0.2) is 4.79 Å². The fourth-order valence-corrected chi connectivity index (χ4v) is 1.69. The standard InChI is InChI=1S/C13H23N5O3/c1-8(9-17-14-7-18(9)6)15-11(21)16-13(4,5)12(2,3)10(19)20/h7-8H,1-6H3,(H,19,20)(H2,15,16,21). The average Bonchev–Trinajstić information content (AvgIpc) is 2.73. The van der Waals surface area contributed by atoms with Crippen molar-refractivity contribution >= 4 is 12.0 Å². The quantitative estimate of drug-likeness (QED) is 0.753. The van der Waals surface area contributed by atoms with Crippen LogP contribution in [0.25, 0.3) is 0 Å². The fourth-order valence-electron chi connectivity index (χ4n) is 1.69. The first-order chi connectivity index (χ1) is 9.49. The van der Waals surface area contributed by atoms with Crippen LogP contribution in [0.2, 0.25) is 0 Å². The second-order valence-electron chi connectivity index (χ2n) is 6.18. The predicted molar refractivity (Wildman–Crippen MR) is 76.6 cm³/mol. The third-order valence-corrected chi connectivity index (χ3v) is 4.00. The lowest BCUT2D eigenvalue weighted by molar-refractivity contribution is -0.150. The summed E-state index contributed by atoms with van der Waals surface area (Å²) in [4.78, 5) is 23.4. The molecule has 1 aromatic heterocycles. The summed E-state index contributed by atoms with van der Waals surface area (Å²) in [6, 6.07) is -0.800. The van der Waals surface area contributed by atoms with Crippen LogP contribution in [0, 0.1) is 5.41 Å². The Labute approximate surface area is 123 Å². The minimum absolute atomic E-state index is 0.346. The molecule has 1 unspecified atom stereocenters. The number of nitrogens with one attached hydrogen (secondary N) is 2. The van der Waals surface area contributed by atoms with Gasteiger partial charge in [0.25, 0.3) is 0 Å². The number of hydrogen-bond donors (Lipinski definition) is 3. The van der Waals surface area contributed by atoms with Crippen molar-refractivity contribution in [2.75, 3.05) is 0 Å². The van der Waals surface area contributed by atoms with Crippen LogP contribution in [0.5, 0.6) is 0 Å². The van der Waals surface area contributed by atoms with Gasteiger partial charge in [0.15, 0.2) is 5.82 Å². The Morgan fingerprint density at radius 3 is 2.33 bits per heavy atom. The highest BCUT2D eigenvalue weighted by Gasteiger charge is 2.44. The van der Waals surface area contributed by atoms with E-state index in [9.17, 15) is 14.7 Å². The first kappa shape index (κ1) is 16.9.